The predicted molar refractivity (Wildman–Crippen MR) is 114 cm³/mol. The number of nitrogens with one attached hydrogen (secondary N) is 1. The molecule has 0 bridgehead atoms. The molecule has 3 rings (SSSR count). The van der Waals surface area contributed by atoms with Crippen LogP contribution in [0.25, 0.3) is 0 Å². The highest BCUT2D eigenvalue weighted by Crippen LogP contribution is 2.23. The van der Waals surface area contributed by atoms with Gasteiger partial charge in [0.05, 0.1) is 6.04 Å². The first-order valence-corrected chi connectivity index (χ1v) is 9.71. The van der Waals surface area contributed by atoms with E-state index in [1.807, 2.05) is 48.5 Å². The SMILES string of the molecule is CCC(NC(=O)c1cccc(OCc2ccccc2)c1)c1ccc(C)cc1C. The van der Waals surface area contributed by atoms with Crippen LogP contribution in [0.5, 0.6) is 5.75 Å². The number of hydrogen-bond donors (Lipinski definition) is 1. The van der Waals surface area contributed by atoms with Crippen molar-refractivity contribution >= 4 is 5.91 Å². The van der Waals surface area contributed by atoms with Crippen molar-refractivity contribution in [2.24, 2.45) is 0 Å². The Balaban J connectivity index is 1.69. The summed E-state index contributed by atoms with van der Waals surface area (Å²) in [7, 11) is 0. The monoisotopic (exact) mass is 373 g/mol. The molecule has 0 aliphatic carbocycles. The van der Waals surface area contributed by atoms with Gasteiger partial charge >= 0.3 is 0 Å². The van der Waals surface area contributed by atoms with Gasteiger partial charge in [-0.05, 0) is 55.2 Å². The van der Waals surface area contributed by atoms with Gasteiger partial charge in [-0.1, -0.05) is 67.1 Å². The lowest BCUT2D eigenvalue weighted by Gasteiger charge is -2.20. The average Bonchev–Trinajstić information content (AvgIpc) is 2.72. The molecule has 3 aromatic carbocycles. The van der Waals surface area contributed by atoms with Crippen molar-refractivity contribution in [2.75, 3.05) is 0 Å². The minimum Gasteiger partial charge on any atom is -0.489 e. The summed E-state index contributed by atoms with van der Waals surface area (Å²) >= 11 is 0. The van der Waals surface area contributed by atoms with Crippen LogP contribution in [-0.2, 0) is 6.61 Å². The summed E-state index contributed by atoms with van der Waals surface area (Å²) in [5.74, 6) is 0.605. The fourth-order valence-corrected chi connectivity index (χ4v) is 3.33. The Bertz CT molecular complexity index is 934. The first kappa shape index (κ1) is 19.7. The Labute approximate surface area is 167 Å². The van der Waals surface area contributed by atoms with Gasteiger partial charge in [-0.2, -0.15) is 0 Å². The van der Waals surface area contributed by atoms with Crippen LogP contribution in [0.2, 0.25) is 0 Å². The minimum atomic E-state index is -0.0861. The summed E-state index contributed by atoms with van der Waals surface area (Å²) in [6.07, 6.45) is 0.833. The smallest absolute Gasteiger partial charge is 0.251 e. The summed E-state index contributed by atoms with van der Waals surface area (Å²) in [5.41, 5.74) is 5.29. The van der Waals surface area contributed by atoms with Crippen LogP contribution in [0.4, 0.5) is 0 Å². The van der Waals surface area contributed by atoms with Gasteiger partial charge in [-0.15, -0.1) is 0 Å². The van der Waals surface area contributed by atoms with E-state index in [0.717, 1.165) is 17.5 Å². The Morgan fingerprint density at radius 2 is 1.75 bits per heavy atom. The van der Waals surface area contributed by atoms with E-state index in [1.165, 1.54) is 11.1 Å². The molecule has 1 atom stereocenters. The number of hydrogen-bond acceptors (Lipinski definition) is 2. The lowest BCUT2D eigenvalue weighted by molar-refractivity contribution is 0.0935. The largest absolute Gasteiger partial charge is 0.489 e. The molecule has 1 N–H and O–H groups in total. The normalized spacial score (nSPS) is 11.7. The van der Waals surface area contributed by atoms with Crippen molar-refractivity contribution < 1.29 is 9.53 Å². The van der Waals surface area contributed by atoms with E-state index in [9.17, 15) is 4.79 Å². The van der Waals surface area contributed by atoms with Crippen LogP contribution in [0.15, 0.2) is 72.8 Å². The van der Waals surface area contributed by atoms with Crippen LogP contribution in [-0.4, -0.2) is 5.91 Å². The number of rotatable bonds is 7. The number of carbonyl (C=O) groups excluding carboxylic acids is 1. The molecule has 0 radical (unpaired) electrons. The van der Waals surface area contributed by atoms with E-state index >= 15 is 0 Å². The highest BCUT2D eigenvalue weighted by Gasteiger charge is 2.16. The van der Waals surface area contributed by atoms with Crippen LogP contribution >= 0.6 is 0 Å². The molecule has 3 aromatic rings. The Morgan fingerprint density at radius 3 is 2.46 bits per heavy atom. The van der Waals surface area contributed by atoms with Gasteiger partial charge in [0.15, 0.2) is 0 Å². The van der Waals surface area contributed by atoms with Gasteiger partial charge in [-0.3, -0.25) is 4.79 Å². The molecule has 0 fully saturated rings. The molecular weight excluding hydrogens is 346 g/mol. The molecule has 28 heavy (non-hydrogen) atoms. The van der Waals surface area contributed by atoms with E-state index in [2.05, 4.69) is 44.3 Å². The number of aryl methyl sites for hydroxylation is 2. The standard InChI is InChI=1S/C25H27NO2/c1-4-24(23-14-13-18(2)15-19(23)3)26-25(27)21-11-8-12-22(16-21)28-17-20-9-6-5-7-10-20/h5-16,24H,4,17H2,1-3H3,(H,26,27). The molecule has 3 nitrogen and oxygen atoms in total. The number of carbonyl (C=O) groups is 1. The van der Waals surface area contributed by atoms with Gasteiger partial charge in [-0.25, -0.2) is 0 Å². The van der Waals surface area contributed by atoms with Crippen LogP contribution in [0, 0.1) is 13.8 Å². The number of ether oxygens (including phenoxy) is 1. The maximum Gasteiger partial charge on any atom is 0.251 e. The molecule has 144 valence electrons. The van der Waals surface area contributed by atoms with Crippen molar-refractivity contribution in [3.05, 3.63) is 101 Å². The van der Waals surface area contributed by atoms with Crippen molar-refractivity contribution in [1.82, 2.24) is 5.32 Å². The summed E-state index contributed by atoms with van der Waals surface area (Å²) < 4.78 is 5.85. The van der Waals surface area contributed by atoms with Crippen molar-refractivity contribution in [3.63, 3.8) is 0 Å². The zero-order valence-electron chi connectivity index (χ0n) is 16.7. The van der Waals surface area contributed by atoms with Crippen molar-refractivity contribution in [1.29, 1.82) is 0 Å². The predicted octanol–water partition coefficient (Wildman–Crippen LogP) is 5.76. The highest BCUT2D eigenvalue weighted by molar-refractivity contribution is 5.94. The first-order chi connectivity index (χ1) is 13.6. The Kier molecular flexibility index (Phi) is 6.49. The number of benzene rings is 3. The average molecular weight is 373 g/mol. The van der Waals surface area contributed by atoms with Gasteiger partial charge < -0.3 is 10.1 Å². The van der Waals surface area contributed by atoms with Crippen LogP contribution in [0.1, 0.15) is 52.0 Å². The van der Waals surface area contributed by atoms with Crippen LogP contribution < -0.4 is 10.1 Å². The minimum absolute atomic E-state index is 0.0120. The lowest BCUT2D eigenvalue weighted by atomic mass is 9.97. The quantitative estimate of drug-likeness (QED) is 0.571. The number of amides is 1. The molecule has 1 amide bonds. The van der Waals surface area contributed by atoms with Gasteiger partial charge in [0, 0.05) is 5.56 Å². The molecule has 0 saturated carbocycles. The molecular formula is C25H27NO2. The second kappa shape index (κ2) is 9.23. The zero-order chi connectivity index (χ0) is 19.9. The van der Waals surface area contributed by atoms with E-state index in [0.29, 0.717) is 17.9 Å². The maximum atomic E-state index is 12.8. The Morgan fingerprint density at radius 1 is 0.964 bits per heavy atom. The van der Waals surface area contributed by atoms with Gasteiger partial charge in [0.2, 0.25) is 0 Å². The second-order valence-electron chi connectivity index (χ2n) is 7.10. The van der Waals surface area contributed by atoms with Crippen molar-refractivity contribution in [2.45, 2.75) is 39.8 Å². The third-order valence-corrected chi connectivity index (χ3v) is 4.86. The molecule has 1 unspecified atom stereocenters. The molecule has 0 heterocycles. The van der Waals surface area contributed by atoms with E-state index in [-0.39, 0.29) is 11.9 Å². The zero-order valence-corrected chi connectivity index (χ0v) is 16.7. The second-order valence-corrected chi connectivity index (χ2v) is 7.10. The molecule has 0 spiro atoms. The van der Waals surface area contributed by atoms with Gasteiger partial charge in [0.25, 0.3) is 5.91 Å². The van der Waals surface area contributed by atoms with Crippen molar-refractivity contribution in [3.8, 4) is 5.75 Å². The summed E-state index contributed by atoms with van der Waals surface area (Å²) in [6, 6.07) is 23.7. The highest BCUT2D eigenvalue weighted by atomic mass is 16.5. The molecule has 0 saturated heterocycles. The molecule has 3 heteroatoms. The fraction of sp³-hybridized carbons (Fsp3) is 0.240. The fourth-order valence-electron chi connectivity index (χ4n) is 3.33. The third kappa shape index (κ3) is 5.01. The lowest BCUT2D eigenvalue weighted by Crippen LogP contribution is -2.28. The van der Waals surface area contributed by atoms with E-state index in [1.54, 1.807) is 6.07 Å². The molecule has 0 aliphatic rings. The summed E-state index contributed by atoms with van der Waals surface area (Å²) in [4.78, 5) is 12.8. The summed E-state index contributed by atoms with van der Waals surface area (Å²) in [6.45, 7) is 6.74. The van der Waals surface area contributed by atoms with E-state index in [4.69, 9.17) is 4.74 Å². The summed E-state index contributed by atoms with van der Waals surface area (Å²) in [5, 5.41) is 3.17. The topological polar surface area (TPSA) is 38.3 Å². The molecule has 0 aromatic heterocycles. The third-order valence-electron chi connectivity index (χ3n) is 4.86. The first-order valence-electron chi connectivity index (χ1n) is 9.71. The molecule has 0 aliphatic heterocycles. The Hall–Kier alpha value is -3.07. The van der Waals surface area contributed by atoms with E-state index < -0.39 is 0 Å². The van der Waals surface area contributed by atoms with Gasteiger partial charge in [0.1, 0.15) is 12.4 Å². The van der Waals surface area contributed by atoms with Crippen LogP contribution in [0.3, 0.4) is 0 Å². The maximum absolute atomic E-state index is 12.8.